The Labute approximate surface area is 254 Å². The summed E-state index contributed by atoms with van der Waals surface area (Å²) in [5.74, 6) is -0.426. The van der Waals surface area contributed by atoms with Gasteiger partial charge in [0.15, 0.2) is 0 Å². The van der Waals surface area contributed by atoms with Gasteiger partial charge < -0.3 is 24.9 Å². The van der Waals surface area contributed by atoms with Gasteiger partial charge in [-0.05, 0) is 99.5 Å². The number of aromatic nitrogens is 1. The third kappa shape index (κ3) is 6.98. The standard InChI is InChI=1S/C32H39F3N4O3S/c1-37(2)19-20-10-13-38(14-11-20)30-24-16-21(22-5-9-29(40)25(17-22)32(33,34)35)4-8-26(24)36-18-28(30)39(23-6-7-23)27(31(41)42)12-15-43-3/h4-5,8-9,16-18,20,23,27,40H,6-7,10-15,19H2,1-3H3,(H,41,42)/t27-/m0/s1. The van der Waals surface area contributed by atoms with Gasteiger partial charge in [0, 0.05) is 31.1 Å². The normalized spacial score (nSPS) is 17.0. The molecule has 0 amide bonds. The number of pyridine rings is 1. The van der Waals surface area contributed by atoms with E-state index in [2.05, 4.69) is 23.9 Å². The van der Waals surface area contributed by atoms with E-state index in [4.69, 9.17) is 4.98 Å². The van der Waals surface area contributed by atoms with Crippen molar-refractivity contribution in [2.75, 3.05) is 55.5 Å². The number of carbonyl (C=O) groups is 1. The maximum absolute atomic E-state index is 13.6. The highest BCUT2D eigenvalue weighted by atomic mass is 32.2. The molecule has 1 aromatic heterocycles. The lowest BCUT2D eigenvalue weighted by atomic mass is 9.94. The Bertz CT molecular complexity index is 1460. The number of piperidine rings is 1. The third-order valence-electron chi connectivity index (χ3n) is 8.44. The highest BCUT2D eigenvalue weighted by molar-refractivity contribution is 7.98. The van der Waals surface area contributed by atoms with Crippen molar-refractivity contribution in [1.29, 1.82) is 0 Å². The van der Waals surface area contributed by atoms with E-state index in [1.165, 1.54) is 6.07 Å². The maximum Gasteiger partial charge on any atom is 0.419 e. The van der Waals surface area contributed by atoms with Crippen LogP contribution in [-0.2, 0) is 11.0 Å². The topological polar surface area (TPSA) is 80.1 Å². The Morgan fingerprint density at radius 2 is 1.77 bits per heavy atom. The number of anilines is 2. The molecule has 0 spiro atoms. The van der Waals surface area contributed by atoms with E-state index >= 15 is 0 Å². The molecule has 2 aliphatic rings. The van der Waals surface area contributed by atoms with Crippen LogP contribution in [0, 0.1) is 5.92 Å². The lowest BCUT2D eigenvalue weighted by molar-refractivity contribution is -0.139. The van der Waals surface area contributed by atoms with Crippen LogP contribution in [0.3, 0.4) is 0 Å². The van der Waals surface area contributed by atoms with Crippen LogP contribution in [0.5, 0.6) is 5.75 Å². The minimum Gasteiger partial charge on any atom is -0.507 e. The van der Waals surface area contributed by atoms with Crippen molar-refractivity contribution < 1.29 is 28.2 Å². The molecule has 1 saturated heterocycles. The summed E-state index contributed by atoms with van der Waals surface area (Å²) >= 11 is 1.62. The van der Waals surface area contributed by atoms with Crippen LogP contribution >= 0.6 is 11.8 Å². The molecule has 232 valence electrons. The Morgan fingerprint density at radius 3 is 2.37 bits per heavy atom. The summed E-state index contributed by atoms with van der Waals surface area (Å²) in [4.78, 5) is 23.9. The van der Waals surface area contributed by atoms with E-state index in [1.54, 1.807) is 30.1 Å². The molecule has 2 N–H and O–H groups in total. The number of hydrogen-bond acceptors (Lipinski definition) is 7. The first kappa shape index (κ1) is 31.3. The lowest BCUT2D eigenvalue weighted by Gasteiger charge is -2.39. The highest BCUT2D eigenvalue weighted by Crippen LogP contribution is 2.45. The molecular weight excluding hydrogens is 577 g/mol. The SMILES string of the molecule is CSCC[C@@H](C(=O)O)N(c1cnc2ccc(-c3ccc(O)c(C(F)(F)F)c3)cc2c1N1CCC(CN(C)C)CC1)C1CC1. The van der Waals surface area contributed by atoms with E-state index in [9.17, 15) is 28.2 Å². The molecule has 7 nitrogen and oxygen atoms in total. The number of alkyl halides is 3. The van der Waals surface area contributed by atoms with Crippen molar-refractivity contribution in [3.8, 4) is 16.9 Å². The van der Waals surface area contributed by atoms with Gasteiger partial charge in [0.05, 0.1) is 28.7 Å². The fraction of sp³-hybridized carbons (Fsp3) is 0.500. The Morgan fingerprint density at radius 1 is 1.09 bits per heavy atom. The van der Waals surface area contributed by atoms with Crippen molar-refractivity contribution >= 4 is 40.0 Å². The van der Waals surface area contributed by atoms with Crippen molar-refractivity contribution in [2.45, 2.75) is 50.4 Å². The van der Waals surface area contributed by atoms with Crippen molar-refractivity contribution in [2.24, 2.45) is 5.92 Å². The summed E-state index contributed by atoms with van der Waals surface area (Å²) < 4.78 is 40.9. The molecule has 0 bridgehead atoms. The van der Waals surface area contributed by atoms with Gasteiger partial charge in [0.25, 0.3) is 0 Å². The summed E-state index contributed by atoms with van der Waals surface area (Å²) in [6.45, 7) is 2.56. The lowest BCUT2D eigenvalue weighted by Crippen LogP contribution is -2.45. The number of aliphatic carboxylic acids is 1. The first-order chi connectivity index (χ1) is 20.5. The van der Waals surface area contributed by atoms with Crippen LogP contribution in [0.1, 0.15) is 37.7 Å². The zero-order chi connectivity index (χ0) is 30.9. The zero-order valence-electron chi connectivity index (χ0n) is 24.8. The maximum atomic E-state index is 13.6. The van der Waals surface area contributed by atoms with Gasteiger partial charge in [0.2, 0.25) is 0 Å². The number of carboxylic acids is 1. The number of carboxylic acid groups (broad SMARTS) is 1. The molecule has 3 aromatic rings. The molecular formula is C32H39F3N4O3S. The second-order valence-corrected chi connectivity index (χ2v) is 12.9. The number of fused-ring (bicyclic) bond motifs is 1. The Hall–Kier alpha value is -3.18. The van der Waals surface area contributed by atoms with Gasteiger partial charge in [-0.1, -0.05) is 12.1 Å². The molecule has 11 heteroatoms. The average Bonchev–Trinajstić information content (AvgIpc) is 3.79. The van der Waals surface area contributed by atoms with Crippen LogP contribution in [0.25, 0.3) is 22.0 Å². The van der Waals surface area contributed by atoms with Crippen molar-refractivity contribution in [3.63, 3.8) is 0 Å². The molecule has 2 fully saturated rings. The minimum atomic E-state index is -4.69. The van der Waals surface area contributed by atoms with Crippen LogP contribution in [0.15, 0.2) is 42.6 Å². The fourth-order valence-electron chi connectivity index (χ4n) is 6.25. The van der Waals surface area contributed by atoms with Crippen LogP contribution in [-0.4, -0.2) is 83.9 Å². The summed E-state index contributed by atoms with van der Waals surface area (Å²) in [5, 5.41) is 21.0. The Balaban J connectivity index is 1.66. The van der Waals surface area contributed by atoms with E-state index in [0.717, 1.165) is 74.2 Å². The highest BCUT2D eigenvalue weighted by Gasteiger charge is 2.40. The number of nitrogens with zero attached hydrogens (tertiary/aromatic N) is 4. The predicted molar refractivity (Wildman–Crippen MR) is 167 cm³/mol. The number of thioether (sulfide) groups is 1. The molecule has 1 aliphatic carbocycles. The molecule has 5 rings (SSSR count). The van der Waals surface area contributed by atoms with Crippen LogP contribution < -0.4 is 9.80 Å². The number of phenolic OH excluding ortho intramolecular Hbond substituents is 1. The summed E-state index contributed by atoms with van der Waals surface area (Å²) in [5.41, 5.74) is 2.17. The predicted octanol–water partition coefficient (Wildman–Crippen LogP) is 6.58. The molecule has 2 aromatic carbocycles. The number of aromatic hydroxyl groups is 1. The number of phenols is 1. The van der Waals surface area contributed by atoms with Gasteiger partial charge in [-0.3, -0.25) is 4.98 Å². The van der Waals surface area contributed by atoms with Crippen molar-refractivity contribution in [3.05, 3.63) is 48.2 Å². The summed E-state index contributed by atoms with van der Waals surface area (Å²) in [7, 11) is 4.15. The molecule has 0 unspecified atom stereocenters. The van der Waals surface area contributed by atoms with Gasteiger partial charge in [-0.25, -0.2) is 4.79 Å². The van der Waals surface area contributed by atoms with E-state index in [1.807, 2.05) is 17.2 Å². The van der Waals surface area contributed by atoms with Crippen LogP contribution in [0.2, 0.25) is 0 Å². The second-order valence-electron chi connectivity index (χ2n) is 11.9. The third-order valence-corrected chi connectivity index (χ3v) is 9.09. The largest absolute Gasteiger partial charge is 0.507 e. The Kier molecular flexibility index (Phi) is 9.31. The first-order valence-electron chi connectivity index (χ1n) is 14.7. The molecule has 1 aliphatic heterocycles. The van der Waals surface area contributed by atoms with E-state index in [-0.39, 0.29) is 6.04 Å². The smallest absolute Gasteiger partial charge is 0.419 e. The average molecular weight is 617 g/mol. The molecule has 1 atom stereocenters. The second kappa shape index (κ2) is 12.8. The van der Waals surface area contributed by atoms with E-state index < -0.39 is 29.5 Å². The molecule has 0 radical (unpaired) electrons. The number of halogens is 3. The van der Waals surface area contributed by atoms with Gasteiger partial charge in [0.1, 0.15) is 11.8 Å². The van der Waals surface area contributed by atoms with Gasteiger partial charge in [-0.15, -0.1) is 0 Å². The summed E-state index contributed by atoms with van der Waals surface area (Å²) in [6, 6.07) is 8.33. The number of benzene rings is 2. The number of hydrogen-bond donors (Lipinski definition) is 2. The molecule has 1 saturated carbocycles. The zero-order valence-corrected chi connectivity index (χ0v) is 25.6. The monoisotopic (exact) mass is 616 g/mol. The molecule has 43 heavy (non-hydrogen) atoms. The fourth-order valence-corrected chi connectivity index (χ4v) is 6.71. The van der Waals surface area contributed by atoms with Crippen LogP contribution in [0.4, 0.5) is 24.5 Å². The van der Waals surface area contributed by atoms with Gasteiger partial charge >= 0.3 is 12.1 Å². The molecule has 2 heterocycles. The summed E-state index contributed by atoms with van der Waals surface area (Å²) in [6.07, 6.45) is 3.32. The number of rotatable bonds is 11. The van der Waals surface area contributed by atoms with Crippen molar-refractivity contribution in [1.82, 2.24) is 9.88 Å². The van der Waals surface area contributed by atoms with E-state index in [0.29, 0.717) is 34.7 Å². The first-order valence-corrected chi connectivity index (χ1v) is 16.1. The quantitative estimate of drug-likeness (QED) is 0.250. The van der Waals surface area contributed by atoms with Gasteiger partial charge in [-0.2, -0.15) is 24.9 Å². The minimum absolute atomic E-state index is 0.0989.